The number of nitro groups is 1. The first kappa shape index (κ1) is 12.4. The van der Waals surface area contributed by atoms with E-state index in [9.17, 15) is 10.1 Å². The molecule has 0 atom stereocenters. The minimum absolute atomic E-state index is 0.0539. The minimum Gasteiger partial charge on any atom is -0.496 e. The van der Waals surface area contributed by atoms with Gasteiger partial charge in [0.1, 0.15) is 5.75 Å². The highest BCUT2D eigenvalue weighted by molar-refractivity contribution is 5.85. The smallest absolute Gasteiger partial charge is 0.283 e. The van der Waals surface area contributed by atoms with E-state index >= 15 is 0 Å². The molecule has 2 N–H and O–H groups in total. The molecule has 0 saturated carbocycles. The number of aromatic nitrogens is 4. The van der Waals surface area contributed by atoms with E-state index in [4.69, 9.17) is 4.74 Å². The molecule has 0 saturated heterocycles. The van der Waals surface area contributed by atoms with Crippen molar-refractivity contribution in [3.63, 3.8) is 0 Å². The van der Waals surface area contributed by atoms with Gasteiger partial charge in [-0.2, -0.15) is 10.3 Å². The van der Waals surface area contributed by atoms with Crippen LogP contribution in [-0.2, 0) is 0 Å². The lowest BCUT2D eigenvalue weighted by atomic mass is 10.2. The van der Waals surface area contributed by atoms with Crippen molar-refractivity contribution in [1.82, 2.24) is 20.6 Å². The second kappa shape index (κ2) is 5.53. The summed E-state index contributed by atoms with van der Waals surface area (Å²) in [5.41, 5.74) is 2.90. The predicted molar refractivity (Wildman–Crippen MR) is 65.0 cm³/mol. The largest absolute Gasteiger partial charge is 0.496 e. The van der Waals surface area contributed by atoms with Gasteiger partial charge in [-0.15, -0.1) is 5.10 Å². The maximum absolute atomic E-state index is 10.7. The molecular weight excluding hydrogens is 254 g/mol. The second-order valence-electron chi connectivity index (χ2n) is 3.29. The third-order valence-electron chi connectivity index (χ3n) is 2.14. The average molecular weight is 263 g/mol. The summed E-state index contributed by atoms with van der Waals surface area (Å²) in [5.74, 6) is 0.643. The lowest BCUT2D eigenvalue weighted by Gasteiger charge is -2.03. The van der Waals surface area contributed by atoms with Crippen LogP contribution in [0.4, 0.5) is 11.6 Å². The Balaban J connectivity index is 2.19. The first-order valence-electron chi connectivity index (χ1n) is 5.05. The van der Waals surface area contributed by atoms with Gasteiger partial charge in [-0.05, 0) is 11.3 Å². The van der Waals surface area contributed by atoms with Crippen LogP contribution in [0.3, 0.4) is 0 Å². The van der Waals surface area contributed by atoms with Crippen molar-refractivity contribution in [3.05, 3.63) is 33.9 Å². The van der Waals surface area contributed by atoms with Crippen molar-refractivity contribution in [2.45, 2.75) is 0 Å². The number of rotatable bonds is 5. The number of nitro benzene ring substituents is 1. The maximum atomic E-state index is 10.7. The zero-order valence-electron chi connectivity index (χ0n) is 9.77. The first-order valence-corrected chi connectivity index (χ1v) is 5.05. The number of ether oxygens (including phenoxy) is 1. The molecule has 10 heteroatoms. The van der Waals surface area contributed by atoms with Crippen LogP contribution in [0, 0.1) is 10.1 Å². The van der Waals surface area contributed by atoms with E-state index in [1.165, 1.54) is 31.5 Å². The third kappa shape index (κ3) is 3.00. The number of non-ortho nitro benzene ring substituents is 1. The fraction of sp³-hybridized carbons (Fsp3) is 0.111. The molecular formula is C9H9N7O3. The van der Waals surface area contributed by atoms with Crippen molar-refractivity contribution >= 4 is 17.9 Å². The van der Waals surface area contributed by atoms with E-state index in [0.29, 0.717) is 11.3 Å². The van der Waals surface area contributed by atoms with Crippen LogP contribution >= 0.6 is 0 Å². The number of hydrazone groups is 1. The van der Waals surface area contributed by atoms with E-state index in [1.807, 2.05) is 0 Å². The fourth-order valence-corrected chi connectivity index (χ4v) is 1.30. The molecule has 1 aromatic heterocycles. The number of nitrogens with one attached hydrogen (secondary N) is 2. The SMILES string of the molecule is COc1ccc([N+](=O)[O-])cc1/C=N/Nc1nn[nH]n1. The van der Waals surface area contributed by atoms with Crippen molar-refractivity contribution in [1.29, 1.82) is 0 Å². The first-order chi connectivity index (χ1) is 9.20. The van der Waals surface area contributed by atoms with Crippen LogP contribution in [0.5, 0.6) is 5.75 Å². The molecule has 0 unspecified atom stereocenters. The monoisotopic (exact) mass is 263 g/mol. The summed E-state index contributed by atoms with van der Waals surface area (Å²) in [6.45, 7) is 0. The number of H-pyrrole nitrogens is 1. The number of hydrogen-bond acceptors (Lipinski definition) is 8. The van der Waals surface area contributed by atoms with Gasteiger partial charge >= 0.3 is 0 Å². The Hall–Kier alpha value is -3.04. The van der Waals surface area contributed by atoms with Gasteiger partial charge in [-0.3, -0.25) is 10.1 Å². The fourth-order valence-electron chi connectivity index (χ4n) is 1.30. The van der Waals surface area contributed by atoms with Crippen molar-refractivity contribution in [2.75, 3.05) is 12.5 Å². The number of nitrogens with zero attached hydrogens (tertiary/aromatic N) is 5. The van der Waals surface area contributed by atoms with Crippen molar-refractivity contribution in [2.24, 2.45) is 5.10 Å². The number of benzene rings is 1. The molecule has 0 bridgehead atoms. The Morgan fingerprint density at radius 3 is 3.05 bits per heavy atom. The standard InChI is InChI=1S/C9H9N7O3/c1-19-8-3-2-7(16(17)18)4-6(8)5-10-11-9-12-14-15-13-9/h2-5H,1H3,(H2,11,12,13,14,15)/b10-5+. The van der Waals surface area contributed by atoms with Crippen molar-refractivity contribution in [3.8, 4) is 5.75 Å². The topological polar surface area (TPSA) is 131 Å². The Kier molecular flexibility index (Phi) is 3.61. The lowest BCUT2D eigenvalue weighted by molar-refractivity contribution is -0.384. The molecule has 0 aliphatic rings. The molecule has 10 nitrogen and oxygen atoms in total. The molecule has 0 amide bonds. The Morgan fingerprint density at radius 1 is 1.58 bits per heavy atom. The molecule has 19 heavy (non-hydrogen) atoms. The predicted octanol–water partition coefficient (Wildman–Crippen LogP) is 0.562. The average Bonchev–Trinajstić information content (AvgIpc) is 2.91. The zero-order valence-corrected chi connectivity index (χ0v) is 9.77. The number of hydrogen-bond donors (Lipinski definition) is 2. The van der Waals surface area contributed by atoms with Gasteiger partial charge in [0.2, 0.25) is 0 Å². The van der Waals surface area contributed by atoms with Crippen LogP contribution in [-0.4, -0.2) is 38.9 Å². The van der Waals surface area contributed by atoms with E-state index in [1.54, 1.807) is 0 Å². The van der Waals surface area contributed by atoms with E-state index < -0.39 is 4.92 Å². The summed E-state index contributed by atoms with van der Waals surface area (Å²) in [4.78, 5) is 10.2. The van der Waals surface area contributed by atoms with Gasteiger partial charge in [-0.1, -0.05) is 5.10 Å². The summed E-state index contributed by atoms with van der Waals surface area (Å²) in [6.07, 6.45) is 1.36. The number of methoxy groups -OCH3 is 1. The molecule has 2 rings (SSSR count). The molecule has 98 valence electrons. The van der Waals surface area contributed by atoms with Crippen LogP contribution in [0.15, 0.2) is 23.3 Å². The lowest BCUT2D eigenvalue weighted by Crippen LogP contribution is -1.97. The molecule has 0 spiro atoms. The highest BCUT2D eigenvalue weighted by Gasteiger charge is 2.09. The minimum atomic E-state index is -0.497. The van der Waals surface area contributed by atoms with Crippen LogP contribution in [0.2, 0.25) is 0 Å². The summed E-state index contributed by atoms with van der Waals surface area (Å²) < 4.78 is 5.08. The molecule has 1 heterocycles. The summed E-state index contributed by atoms with van der Waals surface area (Å²) in [6, 6.07) is 4.19. The number of anilines is 1. The number of aromatic amines is 1. The summed E-state index contributed by atoms with van der Waals surface area (Å²) in [5, 5.41) is 27.3. The highest BCUT2D eigenvalue weighted by atomic mass is 16.6. The van der Waals surface area contributed by atoms with Gasteiger partial charge in [0, 0.05) is 17.7 Å². The normalized spacial score (nSPS) is 10.6. The Morgan fingerprint density at radius 2 is 2.42 bits per heavy atom. The number of tetrazole rings is 1. The Bertz CT molecular complexity index is 596. The molecule has 0 aliphatic heterocycles. The van der Waals surface area contributed by atoms with Gasteiger partial charge in [0.15, 0.2) is 0 Å². The van der Waals surface area contributed by atoms with Crippen LogP contribution in [0.25, 0.3) is 0 Å². The van der Waals surface area contributed by atoms with Gasteiger partial charge in [0.25, 0.3) is 11.6 Å². The Labute approximate surface area is 106 Å². The highest BCUT2D eigenvalue weighted by Crippen LogP contribution is 2.22. The van der Waals surface area contributed by atoms with E-state index in [2.05, 4.69) is 31.2 Å². The summed E-state index contributed by atoms with van der Waals surface area (Å²) in [7, 11) is 1.46. The van der Waals surface area contributed by atoms with Gasteiger partial charge in [0.05, 0.1) is 18.2 Å². The van der Waals surface area contributed by atoms with Gasteiger partial charge in [-0.25, -0.2) is 5.43 Å². The maximum Gasteiger partial charge on any atom is 0.283 e. The van der Waals surface area contributed by atoms with Crippen LogP contribution in [0.1, 0.15) is 5.56 Å². The van der Waals surface area contributed by atoms with E-state index in [0.717, 1.165) is 0 Å². The quantitative estimate of drug-likeness (QED) is 0.457. The third-order valence-corrected chi connectivity index (χ3v) is 2.14. The molecule has 0 fully saturated rings. The van der Waals surface area contributed by atoms with E-state index in [-0.39, 0.29) is 11.6 Å². The summed E-state index contributed by atoms with van der Waals surface area (Å²) >= 11 is 0. The zero-order chi connectivity index (χ0) is 13.7. The van der Waals surface area contributed by atoms with Crippen LogP contribution < -0.4 is 10.2 Å². The van der Waals surface area contributed by atoms with Crippen molar-refractivity contribution < 1.29 is 9.66 Å². The molecule has 1 aromatic carbocycles. The second-order valence-corrected chi connectivity index (χ2v) is 3.29. The van der Waals surface area contributed by atoms with Gasteiger partial charge < -0.3 is 4.74 Å². The molecule has 0 radical (unpaired) electrons. The molecule has 2 aromatic rings. The molecule has 0 aliphatic carbocycles.